The number of thiocarbonyl (C=S) groups is 1. The Kier molecular flexibility index (Phi) is 6.35. The van der Waals surface area contributed by atoms with Crippen LogP contribution in [0.4, 0.5) is 0 Å². The molecule has 2 heterocycles. The normalized spacial score (nSPS) is 14.9. The lowest BCUT2D eigenvalue weighted by Gasteiger charge is -2.15. The monoisotopic (exact) mass is 431 g/mol. The van der Waals surface area contributed by atoms with Crippen LogP contribution in [0, 0.1) is 0 Å². The summed E-state index contributed by atoms with van der Waals surface area (Å²) in [7, 11) is 4.53. The topological polar surface area (TPSA) is 90.0 Å². The van der Waals surface area contributed by atoms with Crippen molar-refractivity contribution in [1.29, 1.82) is 0 Å². The van der Waals surface area contributed by atoms with Crippen molar-refractivity contribution in [2.45, 2.75) is 0 Å². The third-order valence-electron chi connectivity index (χ3n) is 3.92. The molecule has 0 unspecified atom stereocenters. The molecule has 1 fully saturated rings. The Hall–Kier alpha value is -3.11. The smallest absolute Gasteiger partial charge is 0.285 e. The molecule has 8 nitrogen and oxygen atoms in total. The Morgan fingerprint density at radius 1 is 1.21 bits per heavy atom. The van der Waals surface area contributed by atoms with E-state index >= 15 is 0 Å². The maximum Gasteiger partial charge on any atom is 0.285 e. The zero-order chi connectivity index (χ0) is 21.0. The summed E-state index contributed by atoms with van der Waals surface area (Å²) in [5, 5.41) is 1.04. The molecule has 2 amide bonds. The van der Waals surface area contributed by atoms with Gasteiger partial charge in [0.2, 0.25) is 5.75 Å². The van der Waals surface area contributed by atoms with Gasteiger partial charge in [0, 0.05) is 12.4 Å². The molecule has 2 aromatic rings. The first-order valence-electron chi connectivity index (χ1n) is 8.27. The van der Waals surface area contributed by atoms with Crippen LogP contribution in [0.1, 0.15) is 15.9 Å². The van der Waals surface area contributed by atoms with Crippen molar-refractivity contribution in [3.05, 3.63) is 52.7 Å². The molecule has 10 heteroatoms. The number of methoxy groups -OCH3 is 3. The van der Waals surface area contributed by atoms with Gasteiger partial charge in [0.15, 0.2) is 15.8 Å². The molecule has 0 saturated carbocycles. The minimum absolute atomic E-state index is 0.214. The highest BCUT2D eigenvalue weighted by atomic mass is 32.2. The van der Waals surface area contributed by atoms with Crippen molar-refractivity contribution in [2.24, 2.45) is 0 Å². The molecule has 29 heavy (non-hydrogen) atoms. The Balaban J connectivity index is 1.85. The lowest BCUT2D eigenvalue weighted by atomic mass is 10.1. The molecule has 0 radical (unpaired) electrons. The number of nitrogens with zero attached hydrogens (tertiary/aromatic N) is 2. The second-order valence-corrected chi connectivity index (χ2v) is 7.33. The van der Waals surface area contributed by atoms with E-state index in [2.05, 4.69) is 10.4 Å². The number of thioether (sulfide) groups is 1. The number of carbonyl (C=O) groups excluding carboxylic acids is 2. The molecule has 1 saturated heterocycles. The predicted molar refractivity (Wildman–Crippen MR) is 113 cm³/mol. The third kappa shape index (κ3) is 4.33. The summed E-state index contributed by atoms with van der Waals surface area (Å²) in [5.41, 5.74) is 3.47. The van der Waals surface area contributed by atoms with Gasteiger partial charge >= 0.3 is 0 Å². The van der Waals surface area contributed by atoms with Crippen LogP contribution in [0.2, 0.25) is 0 Å². The molecule has 0 spiro atoms. The van der Waals surface area contributed by atoms with Crippen molar-refractivity contribution < 1.29 is 23.8 Å². The van der Waals surface area contributed by atoms with Crippen molar-refractivity contribution in [2.75, 3.05) is 21.3 Å². The molecule has 1 aliphatic rings. The molecule has 150 valence electrons. The standard InChI is InChI=1S/C19H17N3O5S2/c1-25-13-7-11(8-14(26-2)16(13)27-3)9-15-18(24)22(19(28)29-15)21-17(23)12-5-4-6-20-10-12/h4-10H,1-3H3,(H,21,23)/b15-9-. The van der Waals surface area contributed by atoms with Gasteiger partial charge in [-0.15, -0.1) is 0 Å². The number of hydrogen-bond acceptors (Lipinski definition) is 8. The van der Waals surface area contributed by atoms with E-state index < -0.39 is 11.8 Å². The first-order chi connectivity index (χ1) is 14.0. The number of aromatic nitrogens is 1. The summed E-state index contributed by atoms with van der Waals surface area (Å²) >= 11 is 6.32. The van der Waals surface area contributed by atoms with E-state index in [1.54, 1.807) is 36.5 Å². The average molecular weight is 431 g/mol. The van der Waals surface area contributed by atoms with E-state index in [0.29, 0.717) is 33.3 Å². The van der Waals surface area contributed by atoms with Crippen LogP contribution in [0.25, 0.3) is 6.08 Å². The van der Waals surface area contributed by atoms with E-state index in [0.717, 1.165) is 16.8 Å². The quantitative estimate of drug-likeness (QED) is 0.552. The number of amides is 2. The second-order valence-electron chi connectivity index (χ2n) is 5.66. The van der Waals surface area contributed by atoms with Crippen LogP contribution in [0.15, 0.2) is 41.6 Å². The van der Waals surface area contributed by atoms with Crippen molar-refractivity contribution in [3.8, 4) is 17.2 Å². The number of pyridine rings is 1. The largest absolute Gasteiger partial charge is 0.493 e. The van der Waals surface area contributed by atoms with Gasteiger partial charge in [-0.2, -0.15) is 5.01 Å². The van der Waals surface area contributed by atoms with Crippen molar-refractivity contribution in [1.82, 2.24) is 15.4 Å². The average Bonchev–Trinajstić information content (AvgIpc) is 3.00. The van der Waals surface area contributed by atoms with E-state index in [1.165, 1.54) is 27.5 Å². The number of rotatable bonds is 6. The number of ether oxygens (including phenoxy) is 3. The van der Waals surface area contributed by atoms with Crippen molar-refractivity contribution in [3.63, 3.8) is 0 Å². The molecule has 1 aliphatic heterocycles. The van der Waals surface area contributed by atoms with Gasteiger partial charge in [-0.3, -0.25) is 20.0 Å². The number of carbonyl (C=O) groups is 2. The summed E-state index contributed by atoms with van der Waals surface area (Å²) < 4.78 is 16.2. The third-order valence-corrected chi connectivity index (χ3v) is 5.22. The van der Waals surface area contributed by atoms with Gasteiger partial charge in [0.25, 0.3) is 11.8 Å². The van der Waals surface area contributed by atoms with Gasteiger partial charge in [0.05, 0.1) is 31.8 Å². The van der Waals surface area contributed by atoms with E-state index in [-0.39, 0.29) is 4.32 Å². The summed E-state index contributed by atoms with van der Waals surface area (Å²) in [5.74, 6) is 0.440. The summed E-state index contributed by atoms with van der Waals surface area (Å²) in [6.45, 7) is 0. The Bertz CT molecular complexity index is 970. The molecule has 0 atom stereocenters. The fourth-order valence-corrected chi connectivity index (χ4v) is 3.74. The fourth-order valence-electron chi connectivity index (χ4n) is 2.56. The van der Waals surface area contributed by atoms with Crippen LogP contribution in [-0.4, -0.2) is 47.5 Å². The first kappa shape index (κ1) is 20.6. The Morgan fingerprint density at radius 2 is 1.90 bits per heavy atom. The second kappa shape index (κ2) is 8.93. The number of hydrogen-bond donors (Lipinski definition) is 1. The maximum absolute atomic E-state index is 12.8. The first-order valence-corrected chi connectivity index (χ1v) is 9.50. The molecule has 0 bridgehead atoms. The molecule has 3 rings (SSSR count). The molecule has 1 aromatic carbocycles. The lowest BCUT2D eigenvalue weighted by molar-refractivity contribution is -0.123. The van der Waals surface area contributed by atoms with E-state index in [9.17, 15) is 9.59 Å². The summed E-state index contributed by atoms with van der Waals surface area (Å²) in [4.78, 5) is 29.3. The van der Waals surface area contributed by atoms with Crippen LogP contribution in [0.5, 0.6) is 17.2 Å². The lowest BCUT2D eigenvalue weighted by Crippen LogP contribution is -2.44. The van der Waals surface area contributed by atoms with Crippen LogP contribution in [0.3, 0.4) is 0 Å². The molecule has 1 aromatic heterocycles. The Labute approximate surface area is 176 Å². The zero-order valence-corrected chi connectivity index (χ0v) is 17.4. The van der Waals surface area contributed by atoms with Crippen LogP contribution in [-0.2, 0) is 4.79 Å². The van der Waals surface area contributed by atoms with Crippen molar-refractivity contribution >= 4 is 46.2 Å². The van der Waals surface area contributed by atoms with Gasteiger partial charge in [-0.05, 0) is 48.1 Å². The van der Waals surface area contributed by atoms with Gasteiger partial charge in [-0.25, -0.2) is 0 Å². The summed E-state index contributed by atoms with van der Waals surface area (Å²) in [6, 6.07) is 6.64. The van der Waals surface area contributed by atoms with Crippen LogP contribution < -0.4 is 19.6 Å². The highest BCUT2D eigenvalue weighted by molar-refractivity contribution is 8.26. The summed E-state index contributed by atoms with van der Waals surface area (Å²) in [6.07, 6.45) is 4.59. The van der Waals surface area contributed by atoms with Crippen LogP contribution >= 0.6 is 24.0 Å². The SMILES string of the molecule is COc1cc(/C=C2\SC(=S)N(NC(=O)c3cccnc3)C2=O)cc(OC)c1OC. The fraction of sp³-hybridized carbons (Fsp3) is 0.158. The predicted octanol–water partition coefficient (Wildman–Crippen LogP) is 2.65. The minimum Gasteiger partial charge on any atom is -0.493 e. The molecule has 0 aliphatic carbocycles. The van der Waals surface area contributed by atoms with Gasteiger partial charge < -0.3 is 14.2 Å². The molecular weight excluding hydrogens is 414 g/mol. The minimum atomic E-state index is -0.483. The maximum atomic E-state index is 12.8. The van der Waals surface area contributed by atoms with Gasteiger partial charge in [0.1, 0.15) is 0 Å². The zero-order valence-electron chi connectivity index (χ0n) is 15.8. The number of nitrogens with one attached hydrogen (secondary N) is 1. The number of benzene rings is 1. The van der Waals surface area contributed by atoms with E-state index in [4.69, 9.17) is 26.4 Å². The Morgan fingerprint density at radius 3 is 2.45 bits per heavy atom. The molecule has 1 N–H and O–H groups in total. The van der Waals surface area contributed by atoms with E-state index in [1.807, 2.05) is 0 Å². The number of hydrazine groups is 1. The molecular formula is C19H17N3O5S2. The van der Waals surface area contributed by atoms with Gasteiger partial charge in [-0.1, -0.05) is 11.8 Å². The highest BCUT2D eigenvalue weighted by Gasteiger charge is 2.34. The highest BCUT2D eigenvalue weighted by Crippen LogP contribution is 2.40.